The summed E-state index contributed by atoms with van der Waals surface area (Å²) in [5.74, 6) is -0.584. The molecule has 1 fully saturated rings. The number of halogens is 1. The Morgan fingerprint density at radius 2 is 2.03 bits per heavy atom. The second kappa shape index (κ2) is 7.67. The molecule has 0 radical (unpaired) electrons. The van der Waals surface area contributed by atoms with Crippen molar-refractivity contribution >= 4 is 17.1 Å². The number of rotatable bonds is 2. The number of piperazine rings is 1. The summed E-state index contributed by atoms with van der Waals surface area (Å²) in [6, 6.07) is 1.82. The Labute approximate surface area is 180 Å². The summed E-state index contributed by atoms with van der Waals surface area (Å²) in [4.78, 5) is 21.3. The third-order valence-corrected chi connectivity index (χ3v) is 5.72. The predicted molar refractivity (Wildman–Crippen MR) is 118 cm³/mol. The molecule has 0 unspecified atom stereocenters. The summed E-state index contributed by atoms with van der Waals surface area (Å²) in [6.45, 7) is 6.68. The molecule has 1 amide bonds. The van der Waals surface area contributed by atoms with E-state index in [1.807, 2.05) is 37.4 Å². The number of carbonyl (C=O) groups excluding carboxylic acids is 1. The van der Waals surface area contributed by atoms with E-state index in [1.165, 1.54) is 6.07 Å². The van der Waals surface area contributed by atoms with Gasteiger partial charge in [-0.25, -0.2) is 9.37 Å². The SMILES string of the molecule is Cc1cn2cc(C3=C\C(=O)N4C=C(N5CCN[C@H](C)C5)C=C\C4=C/C=C/3)cc(F)c2n1. The largest absolute Gasteiger partial charge is 0.368 e. The van der Waals surface area contributed by atoms with Crippen molar-refractivity contribution < 1.29 is 9.18 Å². The number of allylic oxidation sites excluding steroid dienone is 6. The second-order valence-electron chi connectivity index (χ2n) is 8.14. The lowest BCUT2D eigenvalue weighted by Crippen LogP contribution is -2.48. The molecule has 31 heavy (non-hydrogen) atoms. The van der Waals surface area contributed by atoms with Crippen molar-refractivity contribution in [3.63, 3.8) is 0 Å². The van der Waals surface area contributed by atoms with Crippen LogP contribution in [0.5, 0.6) is 0 Å². The molecule has 0 aromatic carbocycles. The maximum atomic E-state index is 14.6. The number of amides is 1. The van der Waals surface area contributed by atoms with Gasteiger partial charge in [0.25, 0.3) is 5.91 Å². The number of aryl methyl sites for hydroxylation is 1. The zero-order valence-electron chi connectivity index (χ0n) is 17.5. The first-order chi connectivity index (χ1) is 15.0. The smallest absolute Gasteiger partial charge is 0.255 e. The van der Waals surface area contributed by atoms with Gasteiger partial charge in [-0.2, -0.15) is 0 Å². The molecule has 2 aromatic heterocycles. The van der Waals surface area contributed by atoms with E-state index in [-0.39, 0.29) is 11.6 Å². The highest BCUT2D eigenvalue weighted by Crippen LogP contribution is 2.26. The van der Waals surface area contributed by atoms with Crippen LogP contribution in [0, 0.1) is 12.7 Å². The number of fused-ring (bicyclic) bond motifs is 2. The maximum absolute atomic E-state index is 14.6. The Kier molecular flexibility index (Phi) is 4.82. The van der Waals surface area contributed by atoms with Crippen molar-refractivity contribution in [2.45, 2.75) is 19.9 Å². The molecule has 3 aliphatic heterocycles. The first-order valence-corrected chi connectivity index (χ1v) is 10.4. The van der Waals surface area contributed by atoms with Gasteiger partial charge in [0.1, 0.15) is 0 Å². The minimum Gasteiger partial charge on any atom is -0.368 e. The number of aromatic nitrogens is 2. The van der Waals surface area contributed by atoms with Crippen LogP contribution in [0.1, 0.15) is 18.2 Å². The Hall–Kier alpha value is -3.45. The Balaban J connectivity index is 1.49. The first kappa shape index (κ1) is 19.5. The number of pyridine rings is 1. The van der Waals surface area contributed by atoms with Crippen molar-refractivity contribution in [2.24, 2.45) is 0 Å². The highest BCUT2D eigenvalue weighted by atomic mass is 19.1. The van der Waals surface area contributed by atoms with Crippen LogP contribution in [-0.2, 0) is 4.79 Å². The van der Waals surface area contributed by atoms with Crippen molar-refractivity contribution in [3.8, 4) is 0 Å². The molecule has 0 saturated carbocycles. The predicted octanol–water partition coefficient (Wildman–Crippen LogP) is 3.15. The quantitative estimate of drug-likeness (QED) is 0.816. The number of carbonyl (C=O) groups is 1. The third-order valence-electron chi connectivity index (χ3n) is 5.72. The molecule has 1 atom stereocenters. The lowest BCUT2D eigenvalue weighted by atomic mass is 10.0. The lowest BCUT2D eigenvalue weighted by molar-refractivity contribution is -0.122. The van der Waals surface area contributed by atoms with Crippen LogP contribution in [0.4, 0.5) is 4.39 Å². The topological polar surface area (TPSA) is 52.9 Å². The van der Waals surface area contributed by atoms with Crippen LogP contribution < -0.4 is 5.32 Å². The van der Waals surface area contributed by atoms with E-state index in [9.17, 15) is 9.18 Å². The van der Waals surface area contributed by atoms with E-state index < -0.39 is 5.82 Å². The molecule has 5 rings (SSSR count). The van der Waals surface area contributed by atoms with Crippen LogP contribution in [0.15, 0.2) is 72.5 Å². The van der Waals surface area contributed by atoms with E-state index in [1.54, 1.807) is 27.8 Å². The van der Waals surface area contributed by atoms with E-state index in [4.69, 9.17) is 0 Å². The summed E-state index contributed by atoms with van der Waals surface area (Å²) >= 11 is 0. The van der Waals surface area contributed by atoms with Gasteiger partial charge >= 0.3 is 0 Å². The number of imidazole rings is 1. The van der Waals surface area contributed by atoms with Crippen LogP contribution in [0.2, 0.25) is 0 Å². The molecule has 0 bridgehead atoms. The second-order valence-corrected chi connectivity index (χ2v) is 8.14. The number of hydrogen-bond donors (Lipinski definition) is 1. The van der Waals surface area contributed by atoms with Gasteiger partial charge in [-0.05, 0) is 43.7 Å². The fourth-order valence-corrected chi connectivity index (χ4v) is 4.20. The van der Waals surface area contributed by atoms with E-state index in [0.717, 1.165) is 36.7 Å². The van der Waals surface area contributed by atoms with Crippen LogP contribution in [0.3, 0.4) is 0 Å². The van der Waals surface area contributed by atoms with Gasteiger partial charge in [-0.15, -0.1) is 0 Å². The average molecular weight is 417 g/mol. The molecule has 2 aromatic rings. The minimum absolute atomic E-state index is 0.169. The van der Waals surface area contributed by atoms with E-state index in [2.05, 4.69) is 28.2 Å². The molecule has 1 N–H and O–H groups in total. The molecule has 7 heteroatoms. The normalized spacial score (nSPS) is 25.8. The van der Waals surface area contributed by atoms with Crippen LogP contribution >= 0.6 is 0 Å². The van der Waals surface area contributed by atoms with Crippen molar-refractivity contribution in [1.82, 2.24) is 24.5 Å². The fourth-order valence-electron chi connectivity index (χ4n) is 4.20. The number of nitrogens with zero attached hydrogens (tertiary/aromatic N) is 4. The monoisotopic (exact) mass is 417 g/mol. The summed E-state index contributed by atoms with van der Waals surface area (Å²) in [5, 5.41) is 3.44. The Morgan fingerprint density at radius 1 is 1.19 bits per heavy atom. The van der Waals surface area contributed by atoms with Crippen LogP contribution in [0.25, 0.3) is 11.2 Å². The number of nitrogens with one attached hydrogen (secondary N) is 1. The molecule has 1 saturated heterocycles. The van der Waals surface area contributed by atoms with Gasteiger partial charge in [-0.1, -0.05) is 12.2 Å². The third kappa shape index (κ3) is 3.72. The van der Waals surface area contributed by atoms with Gasteiger partial charge in [0.15, 0.2) is 11.5 Å². The summed E-state index contributed by atoms with van der Waals surface area (Å²) in [6.07, 6.45) is 16.6. The van der Waals surface area contributed by atoms with Crippen molar-refractivity contribution in [3.05, 3.63) is 89.6 Å². The molecule has 158 valence electrons. The molecule has 3 aliphatic rings. The highest BCUT2D eigenvalue weighted by Gasteiger charge is 2.23. The molecule has 6 nitrogen and oxygen atoms in total. The molecular formula is C24H24FN5O. The average Bonchev–Trinajstić information content (AvgIpc) is 3.12. The standard InChI is InChI=1S/C24H24FN5O/c1-16-12-28(9-8-26-16)21-7-6-20-5-3-4-18(11-23(31)30(20)15-21)19-10-22(25)24-27-17(2)13-29(24)14-19/h3-7,10-11,13-16,26H,8-9,12H2,1-2H3/b4-3+,18-11+,20-5+/t16-/m1/s1. The summed E-state index contributed by atoms with van der Waals surface area (Å²) < 4.78 is 16.2. The molecule has 0 spiro atoms. The lowest BCUT2D eigenvalue weighted by Gasteiger charge is -2.36. The van der Waals surface area contributed by atoms with Gasteiger partial charge in [-0.3, -0.25) is 9.69 Å². The highest BCUT2D eigenvalue weighted by molar-refractivity contribution is 5.99. The summed E-state index contributed by atoms with van der Waals surface area (Å²) in [5.41, 5.74) is 4.10. The molecule has 5 heterocycles. The zero-order chi connectivity index (χ0) is 21.5. The van der Waals surface area contributed by atoms with Crippen LogP contribution in [-0.4, -0.2) is 50.8 Å². The summed E-state index contributed by atoms with van der Waals surface area (Å²) in [7, 11) is 0. The zero-order valence-corrected chi connectivity index (χ0v) is 17.5. The minimum atomic E-state index is -0.415. The van der Waals surface area contributed by atoms with Crippen molar-refractivity contribution in [1.29, 1.82) is 0 Å². The van der Waals surface area contributed by atoms with E-state index >= 15 is 0 Å². The number of hydrogen-bond acceptors (Lipinski definition) is 4. The Bertz CT molecular complexity index is 1220. The fraction of sp³-hybridized carbons (Fsp3) is 0.250. The molecule has 0 aliphatic carbocycles. The molecular weight excluding hydrogens is 393 g/mol. The van der Waals surface area contributed by atoms with Gasteiger partial charge < -0.3 is 14.6 Å². The maximum Gasteiger partial charge on any atom is 0.255 e. The van der Waals surface area contributed by atoms with Gasteiger partial charge in [0.2, 0.25) is 0 Å². The van der Waals surface area contributed by atoms with Crippen molar-refractivity contribution in [2.75, 3.05) is 19.6 Å². The van der Waals surface area contributed by atoms with Gasteiger partial charge in [0.05, 0.1) is 11.4 Å². The first-order valence-electron chi connectivity index (χ1n) is 10.4. The van der Waals surface area contributed by atoms with E-state index in [0.29, 0.717) is 17.2 Å². The Morgan fingerprint density at radius 3 is 2.87 bits per heavy atom. The van der Waals surface area contributed by atoms with Gasteiger partial charge in [0, 0.05) is 61.6 Å².